The van der Waals surface area contributed by atoms with Crippen LogP contribution in [0, 0.1) is 0 Å². The number of unbranched alkanes of at least 4 members (excludes halogenated alkanes) is 1. The van der Waals surface area contributed by atoms with Gasteiger partial charge < -0.3 is 14.7 Å². The van der Waals surface area contributed by atoms with Gasteiger partial charge in [-0.2, -0.15) is 0 Å². The Morgan fingerprint density at radius 2 is 2.23 bits per heavy atom. The monoisotopic (exact) mass is 200 g/mol. The third-order valence-electron chi connectivity index (χ3n) is 1.64. The van der Waals surface area contributed by atoms with E-state index in [-0.39, 0.29) is 0 Å². The molecule has 0 aliphatic carbocycles. The van der Waals surface area contributed by atoms with Crippen LogP contribution in [0.3, 0.4) is 0 Å². The van der Waals surface area contributed by atoms with Gasteiger partial charge in [0.25, 0.3) is 0 Å². The van der Waals surface area contributed by atoms with Crippen molar-refractivity contribution in [3.8, 4) is 5.06 Å². The molecule has 1 aromatic heterocycles. The van der Waals surface area contributed by atoms with Gasteiger partial charge in [-0.05, 0) is 25.0 Å². The molecule has 0 bridgehead atoms. The van der Waals surface area contributed by atoms with Gasteiger partial charge in [-0.25, -0.2) is 0 Å². The Balaban J connectivity index is 2.44. The van der Waals surface area contributed by atoms with Crippen LogP contribution in [0.15, 0.2) is 12.1 Å². The first-order chi connectivity index (χ1) is 6.22. The Kier molecular flexibility index (Phi) is 4.28. The van der Waals surface area contributed by atoms with Crippen LogP contribution in [-0.4, -0.2) is 17.4 Å². The molecule has 0 aromatic carbocycles. The highest BCUT2D eigenvalue weighted by atomic mass is 32.1. The van der Waals surface area contributed by atoms with Crippen LogP contribution in [0.4, 0.5) is 0 Å². The second kappa shape index (κ2) is 5.27. The van der Waals surface area contributed by atoms with Gasteiger partial charge in [0.05, 0.1) is 0 Å². The van der Waals surface area contributed by atoms with Crippen LogP contribution in [-0.2, 0) is 6.42 Å². The average Bonchev–Trinajstić information content (AvgIpc) is 2.48. The molecule has 2 N–H and O–H groups in total. The van der Waals surface area contributed by atoms with Crippen LogP contribution in [0.1, 0.15) is 24.6 Å². The molecule has 0 saturated carbocycles. The van der Waals surface area contributed by atoms with E-state index in [1.807, 2.05) is 6.07 Å². The summed E-state index contributed by atoms with van der Waals surface area (Å²) in [5.41, 5.74) is 0. The summed E-state index contributed by atoms with van der Waals surface area (Å²) in [6.07, 6.45) is 3.35. The third kappa shape index (κ3) is 3.80. The minimum Gasteiger partial charge on any atom is -0.504 e. The third-order valence-corrected chi connectivity index (χ3v) is 2.67. The smallest absolute Gasteiger partial charge is 0.504 e. The van der Waals surface area contributed by atoms with Crippen LogP contribution < -0.4 is 4.65 Å². The molecule has 13 heavy (non-hydrogen) atoms. The Morgan fingerprint density at radius 3 is 2.85 bits per heavy atom. The van der Waals surface area contributed by atoms with Crippen LogP contribution in [0.5, 0.6) is 5.06 Å². The summed E-state index contributed by atoms with van der Waals surface area (Å²) in [4.78, 5) is 1.22. The summed E-state index contributed by atoms with van der Waals surface area (Å²) in [5, 5.41) is 17.6. The van der Waals surface area contributed by atoms with Crippen molar-refractivity contribution in [3.05, 3.63) is 17.0 Å². The van der Waals surface area contributed by atoms with E-state index in [2.05, 4.69) is 6.92 Å². The molecule has 72 valence electrons. The summed E-state index contributed by atoms with van der Waals surface area (Å²) >= 11 is 1.46. The first kappa shape index (κ1) is 10.6. The minimum atomic E-state index is -1.71. The zero-order valence-electron chi connectivity index (χ0n) is 7.56. The zero-order valence-corrected chi connectivity index (χ0v) is 8.38. The maximum absolute atomic E-state index is 8.53. The van der Waals surface area contributed by atoms with Gasteiger partial charge in [0.15, 0.2) is 5.06 Å². The van der Waals surface area contributed by atoms with Gasteiger partial charge in [-0.15, -0.1) is 11.3 Å². The molecule has 5 heteroatoms. The van der Waals surface area contributed by atoms with Gasteiger partial charge in [0.2, 0.25) is 0 Å². The Hall–Kier alpha value is -0.515. The summed E-state index contributed by atoms with van der Waals surface area (Å²) in [6, 6.07) is 3.72. The van der Waals surface area contributed by atoms with E-state index in [0.717, 1.165) is 19.3 Å². The second-order valence-electron chi connectivity index (χ2n) is 2.77. The van der Waals surface area contributed by atoms with Crippen LogP contribution >= 0.6 is 11.3 Å². The van der Waals surface area contributed by atoms with E-state index < -0.39 is 7.32 Å². The summed E-state index contributed by atoms with van der Waals surface area (Å²) in [6.45, 7) is 2.14. The molecule has 1 rings (SSSR count). The lowest BCUT2D eigenvalue weighted by Crippen LogP contribution is -2.19. The topological polar surface area (TPSA) is 49.7 Å². The minimum absolute atomic E-state index is 0.557. The standard InChI is InChI=1S/C8H13BO3S/c1-2-3-4-7-5-6-8(13-7)12-9(10)11/h5-6,10-11H,2-4H2,1H3. The van der Waals surface area contributed by atoms with Crippen molar-refractivity contribution in [1.82, 2.24) is 0 Å². The fourth-order valence-electron chi connectivity index (χ4n) is 1.01. The molecule has 1 aromatic rings. The fraction of sp³-hybridized carbons (Fsp3) is 0.500. The highest BCUT2D eigenvalue weighted by Gasteiger charge is 2.12. The van der Waals surface area contributed by atoms with Crippen molar-refractivity contribution in [2.45, 2.75) is 26.2 Å². The molecule has 0 atom stereocenters. The van der Waals surface area contributed by atoms with Crippen molar-refractivity contribution in [1.29, 1.82) is 0 Å². The van der Waals surface area contributed by atoms with E-state index in [1.165, 1.54) is 16.2 Å². The largest absolute Gasteiger partial charge is 0.708 e. The molecule has 0 saturated heterocycles. The molecule has 0 amide bonds. The zero-order chi connectivity index (χ0) is 9.68. The first-order valence-electron chi connectivity index (χ1n) is 4.34. The Labute approximate surface area is 82.2 Å². The maximum atomic E-state index is 8.53. The van der Waals surface area contributed by atoms with Crippen LogP contribution in [0.2, 0.25) is 0 Å². The molecule has 0 aliphatic rings. The van der Waals surface area contributed by atoms with E-state index in [4.69, 9.17) is 14.7 Å². The SMILES string of the molecule is CCCCc1ccc(OB(O)O)s1. The molecule has 0 aliphatic heterocycles. The van der Waals surface area contributed by atoms with Gasteiger partial charge in [-0.3, -0.25) is 0 Å². The summed E-state index contributed by atoms with van der Waals surface area (Å²) < 4.78 is 4.70. The van der Waals surface area contributed by atoms with E-state index in [0.29, 0.717) is 5.06 Å². The van der Waals surface area contributed by atoms with Gasteiger partial charge in [0.1, 0.15) is 0 Å². The number of rotatable bonds is 5. The van der Waals surface area contributed by atoms with Gasteiger partial charge >= 0.3 is 7.32 Å². The molecular formula is C8H13BO3S. The quantitative estimate of drug-likeness (QED) is 0.707. The lowest BCUT2D eigenvalue weighted by atomic mass is 10.2. The molecular weight excluding hydrogens is 187 g/mol. The Morgan fingerprint density at radius 1 is 1.46 bits per heavy atom. The predicted octanol–water partition coefficient (Wildman–Crippen LogP) is 1.44. The van der Waals surface area contributed by atoms with E-state index in [1.54, 1.807) is 6.07 Å². The molecule has 0 spiro atoms. The van der Waals surface area contributed by atoms with Crippen molar-refractivity contribution in [2.24, 2.45) is 0 Å². The lowest BCUT2D eigenvalue weighted by Gasteiger charge is -1.98. The number of thiophene rings is 1. The first-order valence-corrected chi connectivity index (χ1v) is 5.15. The van der Waals surface area contributed by atoms with Crippen molar-refractivity contribution >= 4 is 18.7 Å². The number of hydrogen-bond donors (Lipinski definition) is 2. The maximum Gasteiger partial charge on any atom is 0.708 e. The molecule has 0 fully saturated rings. The Bertz CT molecular complexity index is 249. The fourth-order valence-corrected chi connectivity index (χ4v) is 1.92. The van der Waals surface area contributed by atoms with Crippen molar-refractivity contribution < 1.29 is 14.7 Å². The number of aryl methyl sites for hydroxylation is 1. The van der Waals surface area contributed by atoms with Gasteiger partial charge in [0, 0.05) is 4.88 Å². The number of hydrogen-bond acceptors (Lipinski definition) is 4. The van der Waals surface area contributed by atoms with E-state index in [9.17, 15) is 0 Å². The summed E-state index contributed by atoms with van der Waals surface area (Å²) in [7, 11) is -1.71. The normalized spacial score (nSPS) is 10.1. The highest BCUT2D eigenvalue weighted by Crippen LogP contribution is 2.25. The molecule has 3 nitrogen and oxygen atoms in total. The molecule has 0 unspecified atom stereocenters. The van der Waals surface area contributed by atoms with Crippen LogP contribution in [0.25, 0.3) is 0 Å². The van der Waals surface area contributed by atoms with Crippen molar-refractivity contribution in [3.63, 3.8) is 0 Å². The molecule has 0 radical (unpaired) electrons. The van der Waals surface area contributed by atoms with Gasteiger partial charge in [-0.1, -0.05) is 13.3 Å². The lowest BCUT2D eigenvalue weighted by molar-refractivity contribution is 0.292. The van der Waals surface area contributed by atoms with E-state index >= 15 is 0 Å². The van der Waals surface area contributed by atoms with Crippen molar-refractivity contribution in [2.75, 3.05) is 0 Å². The molecule has 1 heterocycles. The second-order valence-corrected chi connectivity index (χ2v) is 3.90. The predicted molar refractivity (Wildman–Crippen MR) is 53.8 cm³/mol. The highest BCUT2D eigenvalue weighted by molar-refractivity contribution is 7.14. The summed E-state index contributed by atoms with van der Waals surface area (Å²) in [5.74, 6) is 0. The average molecular weight is 200 g/mol.